The van der Waals surface area contributed by atoms with Gasteiger partial charge in [0, 0.05) is 18.6 Å². The highest BCUT2D eigenvalue weighted by molar-refractivity contribution is 5.35. The lowest BCUT2D eigenvalue weighted by Crippen LogP contribution is -2.04. The zero-order chi connectivity index (χ0) is 11.3. The third-order valence-electron chi connectivity index (χ3n) is 1.98. The Morgan fingerprint density at radius 3 is 2.80 bits per heavy atom. The van der Waals surface area contributed by atoms with Gasteiger partial charge in [0.25, 0.3) is 0 Å². The predicted octanol–water partition coefficient (Wildman–Crippen LogP) is 1.64. The van der Waals surface area contributed by atoms with Crippen LogP contribution in [-0.2, 0) is 0 Å². The van der Waals surface area contributed by atoms with E-state index in [-0.39, 0.29) is 6.61 Å². The summed E-state index contributed by atoms with van der Waals surface area (Å²) in [5.41, 5.74) is 0.424. The third-order valence-corrected chi connectivity index (χ3v) is 1.98. The Kier molecular flexibility index (Phi) is 4.52. The van der Waals surface area contributed by atoms with Crippen molar-refractivity contribution in [3.05, 3.63) is 29.6 Å². The maximum atomic E-state index is 12.9. The Morgan fingerprint density at radius 1 is 1.47 bits per heavy atom. The van der Waals surface area contributed by atoms with Crippen LogP contribution < -0.4 is 4.74 Å². The summed E-state index contributed by atoms with van der Waals surface area (Å²) >= 11 is 0. The van der Waals surface area contributed by atoms with E-state index in [0.717, 1.165) is 0 Å². The van der Waals surface area contributed by atoms with Gasteiger partial charge in [-0.1, -0.05) is 0 Å². The molecule has 15 heavy (non-hydrogen) atoms. The molecule has 1 rings (SSSR count). The normalized spacial score (nSPS) is 12.5. The summed E-state index contributed by atoms with van der Waals surface area (Å²) in [4.78, 5) is 0. The van der Waals surface area contributed by atoms with Gasteiger partial charge in [-0.15, -0.1) is 0 Å². The van der Waals surface area contributed by atoms with Gasteiger partial charge in [0.2, 0.25) is 0 Å². The van der Waals surface area contributed by atoms with Crippen molar-refractivity contribution in [3.63, 3.8) is 0 Å². The van der Waals surface area contributed by atoms with Gasteiger partial charge in [-0.25, -0.2) is 4.39 Å². The molecule has 1 atom stereocenters. The van der Waals surface area contributed by atoms with E-state index in [4.69, 9.17) is 9.84 Å². The number of aliphatic hydroxyl groups excluding tert-OH is 2. The Hall–Kier alpha value is -1.13. The van der Waals surface area contributed by atoms with Crippen molar-refractivity contribution in [1.82, 2.24) is 0 Å². The molecule has 1 aromatic rings. The summed E-state index contributed by atoms with van der Waals surface area (Å²) in [6.07, 6.45) is -0.263. The Bertz CT molecular complexity index is 313. The van der Waals surface area contributed by atoms with E-state index >= 15 is 0 Å². The summed E-state index contributed by atoms with van der Waals surface area (Å²) in [6, 6.07) is 4.01. The van der Waals surface area contributed by atoms with Crippen LogP contribution in [0.2, 0.25) is 0 Å². The first-order chi connectivity index (χ1) is 7.15. The molecule has 4 heteroatoms. The van der Waals surface area contributed by atoms with Crippen LogP contribution in [0.4, 0.5) is 4.39 Å². The van der Waals surface area contributed by atoms with E-state index in [9.17, 15) is 9.50 Å². The van der Waals surface area contributed by atoms with Gasteiger partial charge in [0.1, 0.15) is 11.6 Å². The maximum Gasteiger partial charge on any atom is 0.125 e. The molecule has 0 saturated heterocycles. The molecule has 0 spiro atoms. The fourth-order valence-electron chi connectivity index (χ4n) is 1.22. The molecule has 0 aliphatic carbocycles. The number of rotatable bonds is 5. The summed E-state index contributed by atoms with van der Waals surface area (Å²) in [7, 11) is 0. The second-order valence-corrected chi connectivity index (χ2v) is 3.28. The summed E-state index contributed by atoms with van der Waals surface area (Å²) in [5.74, 6) is 0.0558. The van der Waals surface area contributed by atoms with Crippen molar-refractivity contribution < 1.29 is 19.3 Å². The SMILES string of the molecule is C[C@H](O)c1cc(F)ccc1OCCCO. The van der Waals surface area contributed by atoms with Gasteiger partial charge in [-0.3, -0.25) is 0 Å². The van der Waals surface area contributed by atoms with Gasteiger partial charge in [0.05, 0.1) is 12.7 Å². The van der Waals surface area contributed by atoms with Crippen LogP contribution in [0.15, 0.2) is 18.2 Å². The van der Waals surface area contributed by atoms with E-state index in [1.54, 1.807) is 6.92 Å². The van der Waals surface area contributed by atoms with Gasteiger partial charge in [-0.05, 0) is 25.1 Å². The van der Waals surface area contributed by atoms with Gasteiger partial charge in [0.15, 0.2) is 0 Å². The first-order valence-corrected chi connectivity index (χ1v) is 4.86. The van der Waals surface area contributed by atoms with E-state index in [1.165, 1.54) is 18.2 Å². The first-order valence-electron chi connectivity index (χ1n) is 4.86. The molecule has 0 radical (unpaired) electrons. The zero-order valence-electron chi connectivity index (χ0n) is 8.61. The lowest BCUT2D eigenvalue weighted by Gasteiger charge is -2.13. The van der Waals surface area contributed by atoms with Crippen LogP contribution in [0.1, 0.15) is 25.0 Å². The average Bonchev–Trinajstić information content (AvgIpc) is 2.20. The van der Waals surface area contributed by atoms with Gasteiger partial charge >= 0.3 is 0 Å². The van der Waals surface area contributed by atoms with Crippen LogP contribution >= 0.6 is 0 Å². The molecule has 3 nitrogen and oxygen atoms in total. The molecule has 84 valence electrons. The van der Waals surface area contributed by atoms with E-state index < -0.39 is 11.9 Å². The molecule has 0 amide bonds. The summed E-state index contributed by atoms with van der Waals surface area (Å²) in [6.45, 7) is 1.95. The Balaban J connectivity index is 2.77. The topological polar surface area (TPSA) is 49.7 Å². The van der Waals surface area contributed by atoms with Crippen molar-refractivity contribution in [1.29, 1.82) is 0 Å². The monoisotopic (exact) mass is 214 g/mol. The van der Waals surface area contributed by atoms with Crippen LogP contribution in [0.25, 0.3) is 0 Å². The van der Waals surface area contributed by atoms with E-state index in [0.29, 0.717) is 24.3 Å². The minimum atomic E-state index is -0.773. The second kappa shape index (κ2) is 5.68. The smallest absolute Gasteiger partial charge is 0.125 e. The summed E-state index contributed by atoms with van der Waals surface area (Å²) in [5, 5.41) is 18.0. The zero-order valence-corrected chi connectivity index (χ0v) is 8.61. The molecule has 0 aliphatic heterocycles. The molecule has 2 N–H and O–H groups in total. The van der Waals surface area contributed by atoms with E-state index in [1.807, 2.05) is 0 Å². The fraction of sp³-hybridized carbons (Fsp3) is 0.455. The molecule has 0 saturated carbocycles. The minimum absolute atomic E-state index is 0.0468. The van der Waals surface area contributed by atoms with Crippen LogP contribution in [0.3, 0.4) is 0 Å². The molecule has 0 aromatic heterocycles. The summed E-state index contributed by atoms with van der Waals surface area (Å²) < 4.78 is 18.2. The highest BCUT2D eigenvalue weighted by Crippen LogP contribution is 2.25. The quantitative estimate of drug-likeness (QED) is 0.732. The first kappa shape index (κ1) is 11.9. The molecule has 1 aromatic carbocycles. The highest BCUT2D eigenvalue weighted by atomic mass is 19.1. The van der Waals surface area contributed by atoms with Crippen molar-refractivity contribution in [2.45, 2.75) is 19.4 Å². The number of halogens is 1. The lowest BCUT2D eigenvalue weighted by molar-refractivity contribution is 0.187. The lowest BCUT2D eigenvalue weighted by atomic mass is 10.1. The minimum Gasteiger partial charge on any atom is -0.493 e. The fourth-order valence-corrected chi connectivity index (χ4v) is 1.22. The van der Waals surface area contributed by atoms with Crippen molar-refractivity contribution >= 4 is 0 Å². The molecule has 0 unspecified atom stereocenters. The van der Waals surface area contributed by atoms with Gasteiger partial charge < -0.3 is 14.9 Å². The largest absolute Gasteiger partial charge is 0.493 e. The number of hydrogen-bond acceptors (Lipinski definition) is 3. The average molecular weight is 214 g/mol. The molecule has 0 fully saturated rings. The van der Waals surface area contributed by atoms with Crippen molar-refractivity contribution in [3.8, 4) is 5.75 Å². The predicted molar refractivity (Wildman–Crippen MR) is 54.2 cm³/mol. The molecule has 0 heterocycles. The Labute approximate surface area is 88.1 Å². The molecule has 0 aliphatic rings. The standard InChI is InChI=1S/C11H15FO3/c1-8(14)10-7-9(12)3-4-11(10)15-6-2-5-13/h3-4,7-8,13-14H,2,5-6H2,1H3/t8-/m0/s1. The Morgan fingerprint density at radius 2 is 2.20 bits per heavy atom. The van der Waals surface area contributed by atoms with Crippen LogP contribution in [-0.4, -0.2) is 23.4 Å². The van der Waals surface area contributed by atoms with Crippen LogP contribution in [0.5, 0.6) is 5.75 Å². The molecule has 0 bridgehead atoms. The second-order valence-electron chi connectivity index (χ2n) is 3.28. The van der Waals surface area contributed by atoms with Crippen LogP contribution in [0, 0.1) is 5.82 Å². The molecular weight excluding hydrogens is 199 g/mol. The number of benzene rings is 1. The van der Waals surface area contributed by atoms with E-state index in [2.05, 4.69) is 0 Å². The number of hydrogen-bond donors (Lipinski definition) is 2. The number of ether oxygens (including phenoxy) is 1. The molecular formula is C11H15FO3. The number of aliphatic hydroxyl groups is 2. The van der Waals surface area contributed by atoms with Crippen molar-refractivity contribution in [2.75, 3.05) is 13.2 Å². The third kappa shape index (κ3) is 3.49. The van der Waals surface area contributed by atoms with Gasteiger partial charge in [-0.2, -0.15) is 0 Å². The van der Waals surface area contributed by atoms with Crippen molar-refractivity contribution in [2.24, 2.45) is 0 Å². The highest BCUT2D eigenvalue weighted by Gasteiger charge is 2.10. The maximum absolute atomic E-state index is 12.9.